The van der Waals surface area contributed by atoms with E-state index in [-0.39, 0.29) is 29.4 Å². The summed E-state index contributed by atoms with van der Waals surface area (Å²) >= 11 is 3.34. The van der Waals surface area contributed by atoms with Crippen LogP contribution in [0, 0.1) is 22.7 Å². The van der Waals surface area contributed by atoms with Gasteiger partial charge in [-0.05, 0) is 6.07 Å². The van der Waals surface area contributed by atoms with Crippen molar-refractivity contribution in [3.63, 3.8) is 0 Å². The molecule has 2 N–H and O–H groups in total. The van der Waals surface area contributed by atoms with Crippen molar-refractivity contribution in [2.45, 2.75) is 6.42 Å². The summed E-state index contributed by atoms with van der Waals surface area (Å²) in [5.41, 5.74) is 5.99. The second kappa shape index (κ2) is 5.55. The van der Waals surface area contributed by atoms with Gasteiger partial charge in [0.25, 0.3) is 5.91 Å². The highest BCUT2D eigenvalue weighted by atomic mass is 79.9. The SMILES string of the molecule is N#CC(C#N)=C(c1ccccc1Br)N1N=C(N)CC1=O. The van der Waals surface area contributed by atoms with E-state index in [9.17, 15) is 4.79 Å². The summed E-state index contributed by atoms with van der Waals surface area (Å²) in [6.07, 6.45) is -0.0297. The van der Waals surface area contributed by atoms with Crippen molar-refractivity contribution in [2.75, 3.05) is 0 Å². The number of allylic oxidation sites excluding steroid dienone is 1. The minimum absolute atomic E-state index is 0.0297. The molecule has 0 spiro atoms. The number of rotatable bonds is 2. The summed E-state index contributed by atoms with van der Waals surface area (Å²) in [6, 6.07) is 10.5. The molecule has 0 saturated carbocycles. The van der Waals surface area contributed by atoms with Gasteiger partial charge in [0, 0.05) is 10.0 Å². The molecule has 0 aromatic heterocycles. The average Bonchev–Trinajstić information content (AvgIpc) is 2.76. The van der Waals surface area contributed by atoms with Crippen LogP contribution in [0.1, 0.15) is 12.0 Å². The Balaban J connectivity index is 2.69. The highest BCUT2D eigenvalue weighted by Gasteiger charge is 2.29. The van der Waals surface area contributed by atoms with Crippen LogP contribution in [-0.4, -0.2) is 16.8 Å². The van der Waals surface area contributed by atoms with Gasteiger partial charge in [-0.15, -0.1) is 0 Å². The van der Waals surface area contributed by atoms with Gasteiger partial charge in [0.15, 0.2) is 5.57 Å². The molecule has 0 fully saturated rings. The van der Waals surface area contributed by atoms with Gasteiger partial charge in [0.2, 0.25) is 0 Å². The van der Waals surface area contributed by atoms with Crippen LogP contribution in [0.25, 0.3) is 5.70 Å². The maximum atomic E-state index is 11.9. The molecule has 0 atom stereocenters. The smallest absolute Gasteiger partial charge is 0.255 e. The molecular formula is C13H8BrN5O. The quantitative estimate of drug-likeness (QED) is 0.833. The van der Waals surface area contributed by atoms with Crippen molar-refractivity contribution in [1.29, 1.82) is 10.5 Å². The molecule has 1 amide bonds. The van der Waals surface area contributed by atoms with E-state index < -0.39 is 0 Å². The number of nitriles is 2. The summed E-state index contributed by atoms with van der Waals surface area (Å²) in [6.45, 7) is 0. The zero-order chi connectivity index (χ0) is 14.7. The Labute approximate surface area is 123 Å². The molecule has 98 valence electrons. The van der Waals surface area contributed by atoms with Crippen LogP contribution in [0.15, 0.2) is 39.4 Å². The maximum Gasteiger partial charge on any atom is 0.255 e. The highest BCUT2D eigenvalue weighted by Crippen LogP contribution is 2.31. The Morgan fingerprint density at radius 3 is 2.50 bits per heavy atom. The fraction of sp³-hybridized carbons (Fsp3) is 0.0769. The van der Waals surface area contributed by atoms with E-state index in [0.717, 1.165) is 5.01 Å². The molecular weight excluding hydrogens is 322 g/mol. The third-order valence-electron chi connectivity index (χ3n) is 2.60. The average molecular weight is 330 g/mol. The van der Waals surface area contributed by atoms with E-state index in [1.807, 2.05) is 0 Å². The number of benzene rings is 1. The molecule has 0 unspecified atom stereocenters. The van der Waals surface area contributed by atoms with Crippen molar-refractivity contribution in [1.82, 2.24) is 5.01 Å². The van der Waals surface area contributed by atoms with E-state index >= 15 is 0 Å². The van der Waals surface area contributed by atoms with Crippen LogP contribution in [0.2, 0.25) is 0 Å². The number of amidine groups is 1. The Kier molecular flexibility index (Phi) is 3.83. The van der Waals surface area contributed by atoms with E-state index in [4.69, 9.17) is 16.3 Å². The second-order valence-electron chi connectivity index (χ2n) is 3.90. The highest BCUT2D eigenvalue weighted by molar-refractivity contribution is 9.10. The number of carbonyl (C=O) groups excluding carboxylic acids is 1. The lowest BCUT2D eigenvalue weighted by molar-refractivity contribution is -0.125. The van der Waals surface area contributed by atoms with Gasteiger partial charge in [0.05, 0.1) is 6.42 Å². The second-order valence-corrected chi connectivity index (χ2v) is 4.76. The van der Waals surface area contributed by atoms with Crippen molar-refractivity contribution < 1.29 is 4.79 Å². The van der Waals surface area contributed by atoms with E-state index in [1.54, 1.807) is 36.4 Å². The van der Waals surface area contributed by atoms with Crippen molar-refractivity contribution >= 4 is 33.4 Å². The number of nitrogens with two attached hydrogens (primary N) is 1. The van der Waals surface area contributed by atoms with Crippen LogP contribution >= 0.6 is 15.9 Å². The lowest BCUT2D eigenvalue weighted by atomic mass is 10.1. The summed E-state index contributed by atoms with van der Waals surface area (Å²) in [5.74, 6) is -0.231. The molecule has 1 aromatic rings. The first-order valence-corrected chi connectivity index (χ1v) is 6.33. The summed E-state index contributed by atoms with van der Waals surface area (Å²) < 4.78 is 0.645. The molecule has 2 rings (SSSR count). The third-order valence-corrected chi connectivity index (χ3v) is 3.29. The normalized spacial score (nSPS) is 13.4. The molecule has 1 aliphatic heterocycles. The number of hydrogen-bond acceptors (Lipinski definition) is 5. The molecule has 1 heterocycles. The van der Waals surface area contributed by atoms with E-state index in [0.29, 0.717) is 10.0 Å². The minimum atomic E-state index is -0.378. The summed E-state index contributed by atoms with van der Waals surface area (Å²) in [4.78, 5) is 11.9. The van der Waals surface area contributed by atoms with Crippen LogP contribution < -0.4 is 5.73 Å². The monoisotopic (exact) mass is 329 g/mol. The zero-order valence-corrected chi connectivity index (χ0v) is 11.8. The van der Waals surface area contributed by atoms with E-state index in [1.165, 1.54) is 0 Å². The summed E-state index contributed by atoms with van der Waals surface area (Å²) in [5, 5.41) is 23.1. The largest absolute Gasteiger partial charge is 0.385 e. The maximum absolute atomic E-state index is 11.9. The topological polar surface area (TPSA) is 106 Å². The van der Waals surface area contributed by atoms with Gasteiger partial charge in [-0.25, -0.2) is 0 Å². The zero-order valence-electron chi connectivity index (χ0n) is 10.2. The molecule has 7 heteroatoms. The molecule has 20 heavy (non-hydrogen) atoms. The first kappa shape index (κ1) is 13.8. The molecule has 1 aromatic carbocycles. The Hall–Kier alpha value is -2.64. The van der Waals surface area contributed by atoms with Gasteiger partial charge < -0.3 is 5.73 Å². The van der Waals surface area contributed by atoms with Gasteiger partial charge in [-0.2, -0.15) is 20.6 Å². The molecule has 6 nitrogen and oxygen atoms in total. The van der Waals surface area contributed by atoms with Crippen LogP contribution in [0.5, 0.6) is 0 Å². The molecule has 1 aliphatic rings. The lowest BCUT2D eigenvalue weighted by Gasteiger charge is -2.17. The number of hydrazone groups is 1. The fourth-order valence-electron chi connectivity index (χ4n) is 1.76. The standard InChI is InChI=1S/C13H8BrN5O/c14-10-4-2-1-3-9(10)13(8(6-15)7-16)19-12(20)5-11(17)18-19/h1-4H,5H2,(H2,17,18). The van der Waals surface area contributed by atoms with Crippen LogP contribution in [0.3, 0.4) is 0 Å². The molecule has 0 saturated heterocycles. The van der Waals surface area contributed by atoms with Crippen molar-refractivity contribution in [2.24, 2.45) is 10.8 Å². The number of carbonyl (C=O) groups is 1. The van der Waals surface area contributed by atoms with Gasteiger partial charge >= 0.3 is 0 Å². The van der Waals surface area contributed by atoms with Crippen molar-refractivity contribution in [3.05, 3.63) is 39.9 Å². The lowest BCUT2D eigenvalue weighted by Crippen LogP contribution is -2.21. The Morgan fingerprint density at radius 2 is 2.00 bits per heavy atom. The third kappa shape index (κ3) is 2.40. The number of amides is 1. The predicted octanol–water partition coefficient (Wildman–Crippen LogP) is 1.71. The summed E-state index contributed by atoms with van der Waals surface area (Å²) in [7, 11) is 0. The predicted molar refractivity (Wildman–Crippen MR) is 75.4 cm³/mol. The van der Waals surface area contributed by atoms with Gasteiger partial charge in [0.1, 0.15) is 23.7 Å². The van der Waals surface area contributed by atoms with Crippen LogP contribution in [0.4, 0.5) is 0 Å². The number of hydrogen-bond donors (Lipinski definition) is 1. The first-order valence-electron chi connectivity index (χ1n) is 5.53. The number of nitrogens with zero attached hydrogens (tertiary/aromatic N) is 4. The first-order chi connectivity index (χ1) is 9.58. The van der Waals surface area contributed by atoms with Gasteiger partial charge in [-0.3, -0.25) is 4.79 Å². The minimum Gasteiger partial charge on any atom is -0.385 e. The van der Waals surface area contributed by atoms with Gasteiger partial charge in [-0.1, -0.05) is 34.1 Å². The van der Waals surface area contributed by atoms with Crippen molar-refractivity contribution in [3.8, 4) is 12.1 Å². The fourth-order valence-corrected chi connectivity index (χ4v) is 2.24. The van der Waals surface area contributed by atoms with Crippen LogP contribution in [-0.2, 0) is 4.79 Å². The molecule has 0 aliphatic carbocycles. The number of halogens is 1. The Bertz CT molecular complexity index is 707. The van der Waals surface area contributed by atoms with E-state index in [2.05, 4.69) is 21.0 Å². The molecule has 0 bridgehead atoms. The Morgan fingerprint density at radius 1 is 1.35 bits per heavy atom. The molecule has 0 radical (unpaired) electrons.